The Kier molecular flexibility index (Phi) is 3.56. The molecule has 0 unspecified atom stereocenters. The van der Waals surface area contributed by atoms with Crippen LogP contribution in [0.25, 0.3) is 10.2 Å². The van der Waals surface area contributed by atoms with Crippen molar-refractivity contribution in [1.82, 2.24) is 9.97 Å². The lowest BCUT2D eigenvalue weighted by atomic mass is 10.1. The average molecular weight is 367 g/mol. The number of nitrogens with zero attached hydrogens (tertiary/aromatic N) is 3. The lowest BCUT2D eigenvalue weighted by Gasteiger charge is -2.34. The first-order chi connectivity index (χ1) is 12.8. The molecule has 0 bridgehead atoms. The quantitative estimate of drug-likeness (QED) is 0.648. The van der Waals surface area contributed by atoms with E-state index in [0.29, 0.717) is 12.3 Å². The molecule has 26 heavy (non-hydrogen) atoms. The number of esters is 1. The third-order valence-corrected chi connectivity index (χ3v) is 6.17. The van der Waals surface area contributed by atoms with Gasteiger partial charge < -0.3 is 14.4 Å². The molecule has 2 aliphatic rings. The first-order valence-corrected chi connectivity index (χ1v) is 9.44. The maximum atomic E-state index is 12.1. The van der Waals surface area contributed by atoms with Crippen LogP contribution in [0, 0.1) is 0 Å². The third kappa shape index (κ3) is 2.27. The number of methoxy groups -OCH3 is 1. The van der Waals surface area contributed by atoms with Gasteiger partial charge in [0.25, 0.3) is 0 Å². The van der Waals surface area contributed by atoms with E-state index in [9.17, 15) is 4.79 Å². The number of rotatable bonds is 2. The molecule has 3 heterocycles. The number of aryl methyl sites for hydroxylation is 2. The molecule has 0 N–H and O–H groups in total. The fourth-order valence-electron chi connectivity index (χ4n) is 3.81. The maximum Gasteiger partial charge on any atom is 0.348 e. The van der Waals surface area contributed by atoms with Crippen molar-refractivity contribution in [3.63, 3.8) is 0 Å². The van der Waals surface area contributed by atoms with Gasteiger partial charge in [0, 0.05) is 4.88 Å². The number of hydrogen-bond acceptors (Lipinski definition) is 7. The standard InChI is InChI=1S/C19H17N3O3S/c1-24-19(23)14-9-22(12-6-2-3-7-13(12)25-14)17-16-11-5-4-8-15(11)26-18(16)21-10-20-17/h2-3,6-7,10,14H,4-5,8-9H2,1H3/t14-/m0/s1. The number of ether oxygens (including phenoxy) is 2. The van der Waals surface area contributed by atoms with Crippen LogP contribution in [0.15, 0.2) is 30.6 Å². The molecule has 3 aromatic rings. The zero-order valence-corrected chi connectivity index (χ0v) is 15.1. The van der Waals surface area contributed by atoms with Crippen LogP contribution in [-0.2, 0) is 22.4 Å². The Balaban J connectivity index is 1.70. The van der Waals surface area contributed by atoms with Gasteiger partial charge in [0.2, 0.25) is 6.10 Å². The lowest BCUT2D eigenvalue weighted by Crippen LogP contribution is -2.43. The van der Waals surface area contributed by atoms with Gasteiger partial charge in [0.15, 0.2) is 0 Å². The molecule has 1 aliphatic heterocycles. The van der Waals surface area contributed by atoms with Gasteiger partial charge in [-0.25, -0.2) is 14.8 Å². The van der Waals surface area contributed by atoms with Gasteiger partial charge in [-0.2, -0.15) is 0 Å². The minimum atomic E-state index is -0.688. The van der Waals surface area contributed by atoms with Crippen molar-refractivity contribution in [3.8, 4) is 5.75 Å². The molecule has 1 aromatic carbocycles. The smallest absolute Gasteiger partial charge is 0.348 e. The summed E-state index contributed by atoms with van der Waals surface area (Å²) >= 11 is 1.76. The number of carbonyl (C=O) groups is 1. The molecular weight excluding hydrogens is 350 g/mol. The van der Waals surface area contributed by atoms with Crippen molar-refractivity contribution in [2.45, 2.75) is 25.4 Å². The van der Waals surface area contributed by atoms with E-state index in [1.807, 2.05) is 24.3 Å². The van der Waals surface area contributed by atoms with E-state index in [1.165, 1.54) is 24.0 Å². The van der Waals surface area contributed by atoms with Crippen LogP contribution in [0.1, 0.15) is 16.9 Å². The average Bonchev–Trinajstić information content (AvgIpc) is 3.27. The number of aromatic nitrogens is 2. The summed E-state index contributed by atoms with van der Waals surface area (Å²) in [7, 11) is 1.38. The first-order valence-electron chi connectivity index (χ1n) is 8.62. The van der Waals surface area contributed by atoms with Crippen molar-refractivity contribution in [1.29, 1.82) is 0 Å². The summed E-state index contributed by atoms with van der Waals surface area (Å²) in [6.45, 7) is 0.362. The number of thiophene rings is 1. The molecule has 7 heteroatoms. The second-order valence-corrected chi connectivity index (χ2v) is 7.53. The predicted octanol–water partition coefficient (Wildman–Crippen LogP) is 3.25. The maximum absolute atomic E-state index is 12.1. The van der Waals surface area contributed by atoms with Gasteiger partial charge in [-0.05, 0) is 37.0 Å². The molecule has 0 fully saturated rings. The van der Waals surface area contributed by atoms with Crippen LogP contribution in [-0.4, -0.2) is 35.7 Å². The van der Waals surface area contributed by atoms with Crippen LogP contribution in [0.4, 0.5) is 11.5 Å². The zero-order chi connectivity index (χ0) is 17.7. The molecule has 0 saturated heterocycles. The summed E-state index contributed by atoms with van der Waals surface area (Å²) in [5.41, 5.74) is 2.27. The number of hydrogen-bond donors (Lipinski definition) is 0. The molecule has 6 nitrogen and oxygen atoms in total. The Morgan fingerprint density at radius 2 is 2.19 bits per heavy atom. The Hall–Kier alpha value is -2.67. The fraction of sp³-hybridized carbons (Fsp3) is 0.316. The highest BCUT2D eigenvalue weighted by molar-refractivity contribution is 7.19. The zero-order valence-electron chi connectivity index (χ0n) is 14.3. The number of carbonyl (C=O) groups excluding carboxylic acids is 1. The molecule has 0 saturated carbocycles. The van der Waals surface area contributed by atoms with Gasteiger partial charge in [-0.3, -0.25) is 0 Å². The SMILES string of the molecule is COC(=O)[C@@H]1CN(c2ncnc3sc4c(c23)CCC4)c2ccccc2O1. The highest BCUT2D eigenvalue weighted by Gasteiger charge is 2.34. The molecule has 0 radical (unpaired) electrons. The molecule has 2 aromatic heterocycles. The largest absolute Gasteiger partial charge is 0.475 e. The number of anilines is 2. The highest BCUT2D eigenvalue weighted by atomic mass is 32.1. The van der Waals surface area contributed by atoms with Crippen LogP contribution in [0.3, 0.4) is 0 Å². The minimum Gasteiger partial charge on any atom is -0.475 e. The van der Waals surface area contributed by atoms with Gasteiger partial charge in [-0.1, -0.05) is 12.1 Å². The van der Waals surface area contributed by atoms with E-state index in [1.54, 1.807) is 17.7 Å². The van der Waals surface area contributed by atoms with E-state index in [-0.39, 0.29) is 5.97 Å². The van der Waals surface area contributed by atoms with Crippen LogP contribution in [0.5, 0.6) is 5.75 Å². The number of para-hydroxylation sites is 2. The summed E-state index contributed by atoms with van der Waals surface area (Å²) < 4.78 is 10.8. The summed E-state index contributed by atoms with van der Waals surface area (Å²) in [5, 5.41) is 1.12. The second-order valence-electron chi connectivity index (χ2n) is 6.44. The summed E-state index contributed by atoms with van der Waals surface area (Å²) in [6.07, 6.45) is 4.26. The van der Waals surface area contributed by atoms with Gasteiger partial charge in [0.1, 0.15) is 22.7 Å². The summed E-state index contributed by atoms with van der Waals surface area (Å²) in [6, 6.07) is 7.72. The number of benzene rings is 1. The monoisotopic (exact) mass is 367 g/mol. The second kappa shape index (κ2) is 5.95. The van der Waals surface area contributed by atoms with Crippen molar-refractivity contribution in [2.75, 3.05) is 18.6 Å². The highest BCUT2D eigenvalue weighted by Crippen LogP contribution is 2.44. The molecule has 5 rings (SSSR count). The van der Waals surface area contributed by atoms with Crippen LogP contribution >= 0.6 is 11.3 Å². The van der Waals surface area contributed by atoms with E-state index in [4.69, 9.17) is 9.47 Å². The van der Waals surface area contributed by atoms with Crippen LogP contribution < -0.4 is 9.64 Å². The van der Waals surface area contributed by atoms with E-state index < -0.39 is 6.10 Å². The van der Waals surface area contributed by atoms with Crippen LogP contribution in [0.2, 0.25) is 0 Å². The minimum absolute atomic E-state index is 0.362. The topological polar surface area (TPSA) is 64.5 Å². The normalized spacial score (nSPS) is 18.3. The molecular formula is C19H17N3O3S. The molecule has 1 aliphatic carbocycles. The summed E-state index contributed by atoms with van der Waals surface area (Å²) in [4.78, 5) is 25.7. The Labute approximate surface area is 154 Å². The summed E-state index contributed by atoms with van der Waals surface area (Å²) in [5.74, 6) is 1.12. The molecule has 0 amide bonds. The van der Waals surface area contributed by atoms with Crippen molar-refractivity contribution in [2.24, 2.45) is 0 Å². The van der Waals surface area contributed by atoms with Gasteiger partial charge in [0.05, 0.1) is 24.7 Å². The van der Waals surface area contributed by atoms with Crippen molar-refractivity contribution >= 4 is 39.0 Å². The van der Waals surface area contributed by atoms with Gasteiger partial charge in [-0.15, -0.1) is 11.3 Å². The van der Waals surface area contributed by atoms with E-state index in [2.05, 4.69) is 14.9 Å². The van der Waals surface area contributed by atoms with E-state index in [0.717, 1.165) is 34.6 Å². The number of fused-ring (bicyclic) bond motifs is 4. The first kappa shape index (κ1) is 15.6. The Bertz CT molecular complexity index is 1020. The van der Waals surface area contributed by atoms with Crippen molar-refractivity contribution in [3.05, 3.63) is 41.0 Å². The lowest BCUT2D eigenvalue weighted by molar-refractivity contribution is -0.148. The molecule has 0 spiro atoms. The molecule has 1 atom stereocenters. The van der Waals surface area contributed by atoms with E-state index >= 15 is 0 Å². The van der Waals surface area contributed by atoms with Crippen molar-refractivity contribution < 1.29 is 14.3 Å². The van der Waals surface area contributed by atoms with Gasteiger partial charge >= 0.3 is 5.97 Å². The Morgan fingerprint density at radius 1 is 1.31 bits per heavy atom. The third-order valence-electron chi connectivity index (χ3n) is 4.97. The predicted molar refractivity (Wildman–Crippen MR) is 99.3 cm³/mol. The fourth-order valence-corrected chi connectivity index (χ4v) is 5.03. The molecule has 132 valence electrons. The Morgan fingerprint density at radius 3 is 3.08 bits per heavy atom.